The van der Waals surface area contributed by atoms with E-state index in [0.29, 0.717) is 22.2 Å². The summed E-state index contributed by atoms with van der Waals surface area (Å²) in [6.45, 7) is 4.25. The molecule has 0 fully saturated rings. The summed E-state index contributed by atoms with van der Waals surface area (Å²) < 4.78 is 0. The Morgan fingerprint density at radius 3 is 2.23 bits per heavy atom. The number of amides is 1. The van der Waals surface area contributed by atoms with Crippen LogP contribution in [0.25, 0.3) is 0 Å². The highest BCUT2D eigenvalue weighted by atomic mass is 35.5. The molecule has 0 unspecified atom stereocenters. The van der Waals surface area contributed by atoms with Crippen molar-refractivity contribution in [1.29, 1.82) is 0 Å². The molecule has 2 rings (SSSR count). The van der Waals surface area contributed by atoms with Crippen LogP contribution in [0, 0.1) is 0 Å². The molecule has 5 heteroatoms. The number of hydrogen-bond acceptors (Lipinski definition) is 2. The predicted molar refractivity (Wildman–Crippen MR) is 90.7 cm³/mol. The summed E-state index contributed by atoms with van der Waals surface area (Å²) in [5.41, 5.74) is 8.15. The van der Waals surface area contributed by atoms with E-state index in [9.17, 15) is 4.79 Å². The number of carbonyl (C=O) groups excluding carboxylic acids is 1. The summed E-state index contributed by atoms with van der Waals surface area (Å²) in [5.74, 6) is 0.189. The average molecular weight is 316 g/mol. The van der Waals surface area contributed by atoms with Crippen molar-refractivity contribution in [2.45, 2.75) is 19.8 Å². The first-order valence-corrected chi connectivity index (χ1v) is 7.34. The number of benzene rings is 2. The summed E-state index contributed by atoms with van der Waals surface area (Å²) >= 11 is 5.78. The number of aliphatic imine (C=N–C) groups is 1. The van der Waals surface area contributed by atoms with Gasteiger partial charge in [0.2, 0.25) is 5.96 Å². The largest absolute Gasteiger partial charge is 0.369 e. The molecule has 0 saturated carbocycles. The average Bonchev–Trinajstić information content (AvgIpc) is 2.48. The Hall–Kier alpha value is -2.33. The van der Waals surface area contributed by atoms with Crippen molar-refractivity contribution in [2.24, 2.45) is 10.7 Å². The molecule has 0 aliphatic carbocycles. The highest BCUT2D eigenvalue weighted by Crippen LogP contribution is 2.18. The van der Waals surface area contributed by atoms with Crippen LogP contribution in [-0.2, 0) is 0 Å². The quantitative estimate of drug-likeness (QED) is 0.667. The Morgan fingerprint density at radius 2 is 1.68 bits per heavy atom. The molecule has 22 heavy (non-hydrogen) atoms. The van der Waals surface area contributed by atoms with E-state index in [1.807, 2.05) is 24.3 Å². The standard InChI is InChI=1S/C17H18ClN3O/c1-11(2)12-5-9-15(10-6-12)20-17(19)21-16(22)13-3-7-14(18)8-4-13/h3-11H,1-2H3,(H3,19,20,21,22). The Balaban J connectivity index is 2.05. The Morgan fingerprint density at radius 1 is 1.09 bits per heavy atom. The summed E-state index contributed by atoms with van der Waals surface area (Å²) in [4.78, 5) is 16.2. The van der Waals surface area contributed by atoms with E-state index in [1.54, 1.807) is 24.3 Å². The highest BCUT2D eigenvalue weighted by Gasteiger charge is 2.06. The maximum atomic E-state index is 12.0. The molecule has 1 amide bonds. The molecule has 0 atom stereocenters. The van der Waals surface area contributed by atoms with Crippen molar-refractivity contribution in [3.05, 3.63) is 64.7 Å². The normalized spacial score (nSPS) is 11.5. The third-order valence-electron chi connectivity index (χ3n) is 3.16. The first kappa shape index (κ1) is 16.0. The van der Waals surface area contributed by atoms with Crippen LogP contribution < -0.4 is 11.1 Å². The number of nitrogens with two attached hydrogens (primary N) is 1. The van der Waals surface area contributed by atoms with Crippen LogP contribution in [-0.4, -0.2) is 11.9 Å². The van der Waals surface area contributed by atoms with Gasteiger partial charge in [-0.3, -0.25) is 10.1 Å². The van der Waals surface area contributed by atoms with Gasteiger partial charge in [0.1, 0.15) is 0 Å². The zero-order valence-electron chi connectivity index (χ0n) is 12.5. The molecule has 0 spiro atoms. The lowest BCUT2D eigenvalue weighted by Crippen LogP contribution is -2.36. The molecule has 114 valence electrons. The van der Waals surface area contributed by atoms with E-state index in [1.165, 1.54) is 5.56 Å². The lowest BCUT2D eigenvalue weighted by molar-refractivity contribution is 0.0976. The Kier molecular flexibility index (Phi) is 5.17. The zero-order valence-corrected chi connectivity index (χ0v) is 13.3. The number of guanidine groups is 1. The van der Waals surface area contributed by atoms with E-state index in [-0.39, 0.29) is 11.9 Å². The minimum absolute atomic E-state index is 0.0530. The fraction of sp³-hybridized carbons (Fsp3) is 0.176. The molecule has 2 aromatic rings. The van der Waals surface area contributed by atoms with Crippen LogP contribution >= 0.6 is 11.6 Å². The molecule has 0 heterocycles. The zero-order chi connectivity index (χ0) is 16.1. The van der Waals surface area contributed by atoms with Gasteiger partial charge in [0.05, 0.1) is 5.69 Å². The van der Waals surface area contributed by atoms with Crippen molar-refractivity contribution in [2.75, 3.05) is 0 Å². The predicted octanol–water partition coefficient (Wildman–Crippen LogP) is 3.84. The second-order valence-corrected chi connectivity index (χ2v) is 5.64. The molecule has 0 saturated heterocycles. The van der Waals surface area contributed by atoms with Gasteiger partial charge in [0, 0.05) is 10.6 Å². The van der Waals surface area contributed by atoms with Gasteiger partial charge in [-0.1, -0.05) is 37.6 Å². The fourth-order valence-electron chi connectivity index (χ4n) is 1.89. The lowest BCUT2D eigenvalue weighted by atomic mass is 10.0. The number of rotatable bonds is 3. The molecular weight excluding hydrogens is 298 g/mol. The second-order valence-electron chi connectivity index (χ2n) is 5.20. The van der Waals surface area contributed by atoms with Crippen LogP contribution in [0.15, 0.2) is 53.5 Å². The highest BCUT2D eigenvalue weighted by molar-refractivity contribution is 6.30. The van der Waals surface area contributed by atoms with Gasteiger partial charge in [-0.2, -0.15) is 0 Å². The summed E-state index contributed by atoms with van der Waals surface area (Å²) in [6, 6.07) is 14.3. The summed E-state index contributed by atoms with van der Waals surface area (Å²) in [5, 5.41) is 3.12. The van der Waals surface area contributed by atoms with Crippen molar-refractivity contribution >= 4 is 29.2 Å². The minimum Gasteiger partial charge on any atom is -0.369 e. The monoisotopic (exact) mass is 315 g/mol. The first-order valence-electron chi connectivity index (χ1n) is 6.97. The maximum absolute atomic E-state index is 12.0. The van der Waals surface area contributed by atoms with E-state index < -0.39 is 0 Å². The van der Waals surface area contributed by atoms with Crippen molar-refractivity contribution in [3.8, 4) is 0 Å². The molecule has 0 bridgehead atoms. The van der Waals surface area contributed by atoms with Gasteiger partial charge in [-0.25, -0.2) is 4.99 Å². The van der Waals surface area contributed by atoms with Gasteiger partial charge in [-0.15, -0.1) is 0 Å². The maximum Gasteiger partial charge on any atom is 0.257 e. The first-order chi connectivity index (χ1) is 10.5. The van der Waals surface area contributed by atoms with Crippen molar-refractivity contribution in [3.63, 3.8) is 0 Å². The number of nitrogens with zero attached hydrogens (tertiary/aromatic N) is 1. The molecule has 3 N–H and O–H groups in total. The SMILES string of the molecule is CC(C)c1ccc(N=C(N)NC(=O)c2ccc(Cl)cc2)cc1. The van der Waals surface area contributed by atoms with Crippen LogP contribution in [0.5, 0.6) is 0 Å². The lowest BCUT2D eigenvalue weighted by Gasteiger charge is -2.06. The van der Waals surface area contributed by atoms with Crippen LogP contribution in [0.1, 0.15) is 35.7 Å². The van der Waals surface area contributed by atoms with Gasteiger partial charge in [0.15, 0.2) is 0 Å². The van der Waals surface area contributed by atoms with E-state index in [0.717, 1.165) is 0 Å². The molecule has 2 aromatic carbocycles. The molecule has 0 radical (unpaired) electrons. The molecule has 0 aliphatic rings. The van der Waals surface area contributed by atoms with Crippen LogP contribution in [0.2, 0.25) is 5.02 Å². The van der Waals surface area contributed by atoms with Gasteiger partial charge >= 0.3 is 0 Å². The van der Waals surface area contributed by atoms with Crippen molar-refractivity contribution < 1.29 is 4.79 Å². The number of carbonyl (C=O) groups is 1. The third kappa shape index (κ3) is 4.33. The summed E-state index contributed by atoms with van der Waals surface area (Å²) in [6.07, 6.45) is 0. The van der Waals surface area contributed by atoms with E-state index in [2.05, 4.69) is 24.2 Å². The van der Waals surface area contributed by atoms with E-state index >= 15 is 0 Å². The van der Waals surface area contributed by atoms with Crippen molar-refractivity contribution in [1.82, 2.24) is 5.32 Å². The van der Waals surface area contributed by atoms with Crippen LogP contribution in [0.4, 0.5) is 5.69 Å². The van der Waals surface area contributed by atoms with Crippen LogP contribution in [0.3, 0.4) is 0 Å². The molecular formula is C17H18ClN3O. The topological polar surface area (TPSA) is 67.5 Å². The molecule has 0 aromatic heterocycles. The number of halogens is 1. The summed E-state index contributed by atoms with van der Waals surface area (Å²) in [7, 11) is 0. The minimum atomic E-state index is -0.322. The van der Waals surface area contributed by atoms with Gasteiger partial charge in [0.25, 0.3) is 5.91 Å². The Bertz CT molecular complexity index is 676. The molecule has 4 nitrogen and oxygen atoms in total. The Labute approximate surface area is 135 Å². The number of hydrogen-bond donors (Lipinski definition) is 2. The third-order valence-corrected chi connectivity index (χ3v) is 3.41. The van der Waals surface area contributed by atoms with Gasteiger partial charge in [-0.05, 0) is 47.9 Å². The molecule has 0 aliphatic heterocycles. The number of nitrogens with one attached hydrogen (secondary N) is 1. The smallest absolute Gasteiger partial charge is 0.257 e. The second kappa shape index (κ2) is 7.09. The van der Waals surface area contributed by atoms with Gasteiger partial charge < -0.3 is 5.73 Å². The fourth-order valence-corrected chi connectivity index (χ4v) is 2.02. The van der Waals surface area contributed by atoms with E-state index in [4.69, 9.17) is 17.3 Å².